The SMILES string of the molecule is O[B]c1ccc(Cl)cc1O. The van der Waals surface area contributed by atoms with Gasteiger partial charge in [-0.2, -0.15) is 0 Å². The fraction of sp³-hybridized carbons (Fsp3) is 0. The summed E-state index contributed by atoms with van der Waals surface area (Å²) >= 11 is 5.52. The van der Waals surface area contributed by atoms with E-state index in [0.717, 1.165) is 7.48 Å². The van der Waals surface area contributed by atoms with E-state index >= 15 is 0 Å². The van der Waals surface area contributed by atoms with Gasteiger partial charge in [0.15, 0.2) is 0 Å². The van der Waals surface area contributed by atoms with Gasteiger partial charge in [-0.05, 0) is 17.6 Å². The number of rotatable bonds is 1. The lowest BCUT2D eigenvalue weighted by atomic mass is 9.88. The maximum absolute atomic E-state index is 9.02. The lowest BCUT2D eigenvalue weighted by Crippen LogP contribution is -2.12. The van der Waals surface area contributed by atoms with Crippen molar-refractivity contribution >= 4 is 24.5 Å². The van der Waals surface area contributed by atoms with E-state index in [4.69, 9.17) is 21.7 Å². The molecule has 0 aliphatic carbocycles. The normalized spacial score (nSPS) is 9.40. The zero-order chi connectivity index (χ0) is 7.56. The van der Waals surface area contributed by atoms with Crippen molar-refractivity contribution < 1.29 is 10.1 Å². The predicted octanol–water partition coefficient (Wildman–Crippen LogP) is 0.282. The second-order valence-corrected chi connectivity index (χ2v) is 2.27. The molecule has 0 fully saturated rings. The molecule has 0 bridgehead atoms. The molecule has 10 heavy (non-hydrogen) atoms. The van der Waals surface area contributed by atoms with Crippen molar-refractivity contribution in [2.75, 3.05) is 0 Å². The molecule has 0 aliphatic heterocycles. The van der Waals surface area contributed by atoms with Gasteiger partial charge in [0.25, 0.3) is 0 Å². The van der Waals surface area contributed by atoms with Gasteiger partial charge < -0.3 is 10.1 Å². The molecule has 0 atom stereocenters. The Morgan fingerprint density at radius 3 is 2.60 bits per heavy atom. The van der Waals surface area contributed by atoms with E-state index in [0.29, 0.717) is 10.5 Å². The molecule has 1 aromatic rings. The molecule has 4 heteroatoms. The first-order valence-electron chi connectivity index (χ1n) is 2.70. The molecule has 0 saturated heterocycles. The van der Waals surface area contributed by atoms with Crippen LogP contribution in [0.25, 0.3) is 0 Å². The van der Waals surface area contributed by atoms with Crippen LogP contribution in [0.5, 0.6) is 5.75 Å². The van der Waals surface area contributed by atoms with Crippen LogP contribution in [-0.4, -0.2) is 17.6 Å². The summed E-state index contributed by atoms with van der Waals surface area (Å²) in [6.45, 7) is 0. The van der Waals surface area contributed by atoms with Crippen LogP contribution in [0.15, 0.2) is 18.2 Å². The molecule has 1 aromatic carbocycles. The number of hydrogen-bond donors (Lipinski definition) is 2. The Kier molecular flexibility index (Phi) is 2.19. The number of phenolic OH excluding ortho intramolecular Hbond substituents is 1. The smallest absolute Gasteiger partial charge is 0.330 e. The number of benzene rings is 1. The van der Waals surface area contributed by atoms with Crippen LogP contribution >= 0.6 is 11.6 Å². The molecule has 0 aliphatic rings. The van der Waals surface area contributed by atoms with Gasteiger partial charge >= 0.3 is 7.48 Å². The van der Waals surface area contributed by atoms with E-state index in [1.807, 2.05) is 0 Å². The minimum absolute atomic E-state index is 0.0185. The molecule has 0 saturated carbocycles. The Hall–Kier alpha value is -0.665. The largest absolute Gasteiger partial charge is 0.508 e. The maximum atomic E-state index is 9.02. The molecule has 0 amide bonds. The van der Waals surface area contributed by atoms with Crippen LogP contribution in [0.1, 0.15) is 0 Å². The van der Waals surface area contributed by atoms with Crippen molar-refractivity contribution in [1.82, 2.24) is 0 Å². The number of aromatic hydroxyl groups is 1. The molecule has 1 rings (SSSR count). The highest BCUT2D eigenvalue weighted by atomic mass is 35.5. The van der Waals surface area contributed by atoms with E-state index in [9.17, 15) is 0 Å². The minimum atomic E-state index is -0.0185. The van der Waals surface area contributed by atoms with Crippen molar-refractivity contribution in [3.8, 4) is 5.75 Å². The lowest BCUT2D eigenvalue weighted by molar-refractivity contribution is 0.478. The Bertz CT molecular complexity index is 239. The van der Waals surface area contributed by atoms with E-state index in [1.54, 1.807) is 6.07 Å². The van der Waals surface area contributed by atoms with Gasteiger partial charge in [0.2, 0.25) is 0 Å². The highest BCUT2D eigenvalue weighted by Gasteiger charge is 2.00. The standard InChI is InChI=1S/C6H5BClO2/c8-4-1-2-5(7-10)6(9)3-4/h1-3,9-10H. The number of phenols is 1. The Balaban J connectivity index is 3.07. The van der Waals surface area contributed by atoms with Gasteiger partial charge in [0.05, 0.1) is 0 Å². The fourth-order valence-electron chi connectivity index (χ4n) is 0.626. The molecule has 2 N–H and O–H groups in total. The average molecular weight is 155 g/mol. The molecule has 51 valence electrons. The van der Waals surface area contributed by atoms with Gasteiger partial charge in [-0.15, -0.1) is 0 Å². The first-order valence-corrected chi connectivity index (χ1v) is 3.08. The van der Waals surface area contributed by atoms with Crippen molar-refractivity contribution in [3.63, 3.8) is 0 Å². The van der Waals surface area contributed by atoms with Gasteiger partial charge in [0.1, 0.15) is 5.75 Å². The summed E-state index contributed by atoms with van der Waals surface area (Å²) in [4.78, 5) is 0. The van der Waals surface area contributed by atoms with Gasteiger partial charge in [-0.25, -0.2) is 0 Å². The van der Waals surface area contributed by atoms with Crippen LogP contribution in [0.4, 0.5) is 0 Å². The minimum Gasteiger partial charge on any atom is -0.508 e. The first kappa shape index (κ1) is 7.44. The monoisotopic (exact) mass is 155 g/mol. The number of hydrogen-bond acceptors (Lipinski definition) is 2. The summed E-state index contributed by atoms with van der Waals surface area (Å²) in [7, 11) is 0.825. The molecule has 0 spiro atoms. The zero-order valence-corrected chi connectivity index (χ0v) is 5.84. The number of halogens is 1. The second kappa shape index (κ2) is 2.95. The van der Waals surface area contributed by atoms with Gasteiger partial charge in [0, 0.05) is 5.02 Å². The van der Waals surface area contributed by atoms with E-state index in [1.165, 1.54) is 12.1 Å². The van der Waals surface area contributed by atoms with Gasteiger partial charge in [-0.1, -0.05) is 17.7 Å². The first-order chi connectivity index (χ1) is 4.74. The summed E-state index contributed by atoms with van der Waals surface area (Å²) in [6.07, 6.45) is 0. The highest BCUT2D eigenvalue weighted by molar-refractivity contribution is 6.47. The topological polar surface area (TPSA) is 40.5 Å². The highest BCUT2D eigenvalue weighted by Crippen LogP contribution is 2.12. The third kappa shape index (κ3) is 1.43. The van der Waals surface area contributed by atoms with Crippen molar-refractivity contribution in [2.45, 2.75) is 0 Å². The quantitative estimate of drug-likeness (QED) is 0.572. The van der Waals surface area contributed by atoms with E-state index in [2.05, 4.69) is 0 Å². The third-order valence-electron chi connectivity index (χ3n) is 1.13. The summed E-state index contributed by atoms with van der Waals surface area (Å²) in [5.74, 6) is -0.0185. The van der Waals surface area contributed by atoms with Crippen molar-refractivity contribution in [2.24, 2.45) is 0 Å². The summed E-state index contributed by atoms with van der Waals surface area (Å²) < 4.78 is 0. The molecular formula is C6H5BClO2. The van der Waals surface area contributed by atoms with Crippen LogP contribution in [-0.2, 0) is 0 Å². The van der Waals surface area contributed by atoms with E-state index in [-0.39, 0.29) is 5.75 Å². The predicted molar refractivity (Wildman–Crippen MR) is 40.7 cm³/mol. The molecule has 2 nitrogen and oxygen atoms in total. The Morgan fingerprint density at radius 2 is 2.10 bits per heavy atom. The Morgan fingerprint density at radius 1 is 1.40 bits per heavy atom. The summed E-state index contributed by atoms with van der Waals surface area (Å²) in [5.41, 5.74) is 0.365. The van der Waals surface area contributed by atoms with Crippen molar-refractivity contribution in [3.05, 3.63) is 23.2 Å². The molecule has 0 heterocycles. The van der Waals surface area contributed by atoms with E-state index < -0.39 is 0 Å². The third-order valence-corrected chi connectivity index (χ3v) is 1.37. The zero-order valence-electron chi connectivity index (χ0n) is 5.08. The fourth-order valence-corrected chi connectivity index (χ4v) is 0.792. The summed E-state index contributed by atoms with van der Waals surface area (Å²) in [6, 6.07) is 4.48. The second-order valence-electron chi connectivity index (χ2n) is 1.83. The molecular weight excluding hydrogens is 150 g/mol. The van der Waals surface area contributed by atoms with Crippen molar-refractivity contribution in [1.29, 1.82) is 0 Å². The van der Waals surface area contributed by atoms with Crippen LogP contribution in [0.2, 0.25) is 5.02 Å². The van der Waals surface area contributed by atoms with Crippen LogP contribution in [0.3, 0.4) is 0 Å². The van der Waals surface area contributed by atoms with Crippen LogP contribution < -0.4 is 5.46 Å². The molecule has 0 unspecified atom stereocenters. The molecule has 0 aromatic heterocycles. The molecule has 1 radical (unpaired) electrons. The lowest BCUT2D eigenvalue weighted by Gasteiger charge is -1.97. The average Bonchev–Trinajstić information content (AvgIpc) is 1.88. The maximum Gasteiger partial charge on any atom is 0.330 e. The van der Waals surface area contributed by atoms with Gasteiger partial charge in [-0.3, -0.25) is 0 Å². The van der Waals surface area contributed by atoms with Crippen LogP contribution in [0, 0.1) is 0 Å². The Labute approximate surface area is 64.3 Å². The summed E-state index contributed by atoms with van der Waals surface area (Å²) in [5, 5.41) is 17.9.